The van der Waals surface area contributed by atoms with E-state index in [1.165, 1.54) is 19.2 Å². The average molecular weight is 492 g/mol. The van der Waals surface area contributed by atoms with Crippen molar-refractivity contribution in [2.45, 2.75) is 12.5 Å². The minimum atomic E-state index is -0.888. The summed E-state index contributed by atoms with van der Waals surface area (Å²) in [4.78, 5) is 25.8. The standard InChI is InChI=1S/C25H22FN5O3S/c1-34-20-9-5-8-19(15-20)27-24(33)28-21(14-16-6-3-2-4-7-16)22(32)29-25-31-30-23(35-25)17-10-12-18(26)13-11-17/h2-13,15,21H,14H2,1H3,(H2,27,28,33)(H,29,31,32). The summed E-state index contributed by atoms with van der Waals surface area (Å²) in [5.41, 5.74) is 2.08. The lowest BCUT2D eigenvalue weighted by atomic mass is 10.1. The van der Waals surface area contributed by atoms with Crippen molar-refractivity contribution in [3.8, 4) is 16.3 Å². The number of carbonyl (C=O) groups excluding carboxylic acids is 2. The smallest absolute Gasteiger partial charge is 0.319 e. The maximum absolute atomic E-state index is 13.2. The van der Waals surface area contributed by atoms with E-state index in [2.05, 4.69) is 26.1 Å². The molecule has 0 bridgehead atoms. The first-order chi connectivity index (χ1) is 17.0. The molecule has 4 aromatic rings. The third kappa shape index (κ3) is 6.61. The minimum absolute atomic E-state index is 0.266. The van der Waals surface area contributed by atoms with Gasteiger partial charge in [0.1, 0.15) is 22.6 Å². The van der Waals surface area contributed by atoms with Crippen LogP contribution >= 0.6 is 11.3 Å². The van der Waals surface area contributed by atoms with Crippen molar-refractivity contribution >= 4 is 34.1 Å². The van der Waals surface area contributed by atoms with Crippen LogP contribution in [0.5, 0.6) is 5.75 Å². The number of halogens is 1. The first kappa shape index (κ1) is 23.8. The highest BCUT2D eigenvalue weighted by Crippen LogP contribution is 2.26. The Labute approximate surface area is 205 Å². The Morgan fingerprint density at radius 2 is 1.74 bits per heavy atom. The van der Waals surface area contributed by atoms with Crippen LogP contribution in [0.4, 0.5) is 20.0 Å². The highest BCUT2D eigenvalue weighted by atomic mass is 32.1. The van der Waals surface area contributed by atoms with E-state index in [0.717, 1.165) is 16.9 Å². The van der Waals surface area contributed by atoms with E-state index in [1.807, 2.05) is 30.3 Å². The van der Waals surface area contributed by atoms with Crippen molar-refractivity contribution in [3.63, 3.8) is 0 Å². The van der Waals surface area contributed by atoms with E-state index in [0.29, 0.717) is 22.0 Å². The van der Waals surface area contributed by atoms with Gasteiger partial charge in [-0.1, -0.05) is 47.7 Å². The zero-order valence-electron chi connectivity index (χ0n) is 18.7. The van der Waals surface area contributed by atoms with Crippen LogP contribution in [0.25, 0.3) is 10.6 Å². The molecule has 4 rings (SSSR count). The first-order valence-electron chi connectivity index (χ1n) is 10.7. The van der Waals surface area contributed by atoms with Crippen molar-refractivity contribution < 1.29 is 18.7 Å². The van der Waals surface area contributed by atoms with Crippen molar-refractivity contribution in [2.24, 2.45) is 0 Å². The van der Waals surface area contributed by atoms with Gasteiger partial charge in [-0.2, -0.15) is 0 Å². The number of methoxy groups -OCH3 is 1. The molecule has 10 heteroatoms. The number of rotatable bonds is 8. The molecule has 0 saturated heterocycles. The number of nitrogens with one attached hydrogen (secondary N) is 3. The molecule has 0 spiro atoms. The number of ether oxygens (including phenoxy) is 1. The van der Waals surface area contributed by atoms with Crippen LogP contribution in [0.15, 0.2) is 78.9 Å². The summed E-state index contributed by atoms with van der Waals surface area (Å²) in [6.45, 7) is 0. The lowest BCUT2D eigenvalue weighted by molar-refractivity contribution is -0.117. The fraction of sp³-hybridized carbons (Fsp3) is 0.120. The number of carbonyl (C=O) groups is 2. The molecule has 8 nitrogen and oxygen atoms in total. The summed E-state index contributed by atoms with van der Waals surface area (Å²) in [6.07, 6.45) is 0.266. The Hall–Kier alpha value is -4.31. The number of hydrogen-bond acceptors (Lipinski definition) is 6. The Bertz CT molecular complexity index is 1300. The molecule has 1 atom stereocenters. The maximum atomic E-state index is 13.2. The highest BCUT2D eigenvalue weighted by Gasteiger charge is 2.23. The zero-order chi connectivity index (χ0) is 24.6. The SMILES string of the molecule is COc1cccc(NC(=O)NC(Cc2ccccc2)C(=O)Nc2nnc(-c3ccc(F)cc3)s2)c1. The lowest BCUT2D eigenvalue weighted by Gasteiger charge is -2.18. The molecule has 0 saturated carbocycles. The molecule has 0 aliphatic carbocycles. The molecular weight excluding hydrogens is 469 g/mol. The van der Waals surface area contributed by atoms with Crippen LogP contribution in [0, 0.1) is 5.82 Å². The van der Waals surface area contributed by atoms with E-state index in [1.54, 1.807) is 36.4 Å². The van der Waals surface area contributed by atoms with Gasteiger partial charge < -0.3 is 15.4 Å². The van der Waals surface area contributed by atoms with Gasteiger partial charge in [0.25, 0.3) is 0 Å². The topological polar surface area (TPSA) is 105 Å². The van der Waals surface area contributed by atoms with E-state index in [9.17, 15) is 14.0 Å². The maximum Gasteiger partial charge on any atom is 0.319 e. The second-order valence-electron chi connectivity index (χ2n) is 7.48. The van der Waals surface area contributed by atoms with Gasteiger partial charge in [0.05, 0.1) is 7.11 Å². The Balaban J connectivity index is 1.47. The zero-order valence-corrected chi connectivity index (χ0v) is 19.5. The van der Waals surface area contributed by atoms with Gasteiger partial charge in [0.2, 0.25) is 11.0 Å². The average Bonchev–Trinajstić information content (AvgIpc) is 3.33. The number of nitrogens with zero attached hydrogens (tertiary/aromatic N) is 2. The van der Waals surface area contributed by atoms with E-state index < -0.39 is 18.0 Å². The Morgan fingerprint density at radius 3 is 2.49 bits per heavy atom. The molecular formula is C25H22FN5O3S. The van der Waals surface area contributed by atoms with E-state index in [-0.39, 0.29) is 17.4 Å². The highest BCUT2D eigenvalue weighted by molar-refractivity contribution is 7.18. The van der Waals surface area contributed by atoms with Gasteiger partial charge in [-0.25, -0.2) is 9.18 Å². The Kier molecular flexibility index (Phi) is 7.63. The summed E-state index contributed by atoms with van der Waals surface area (Å²) in [7, 11) is 1.54. The normalized spacial score (nSPS) is 11.4. The Morgan fingerprint density at radius 1 is 0.971 bits per heavy atom. The number of hydrogen-bond donors (Lipinski definition) is 3. The van der Waals surface area contributed by atoms with Crippen molar-refractivity contribution in [2.75, 3.05) is 17.7 Å². The van der Waals surface area contributed by atoms with Gasteiger partial charge in [-0.3, -0.25) is 10.1 Å². The number of urea groups is 1. The van der Waals surface area contributed by atoms with Crippen molar-refractivity contribution in [1.82, 2.24) is 15.5 Å². The molecule has 0 aliphatic heterocycles. The first-order valence-corrected chi connectivity index (χ1v) is 11.5. The predicted molar refractivity (Wildman–Crippen MR) is 133 cm³/mol. The largest absolute Gasteiger partial charge is 0.497 e. The molecule has 1 aromatic heterocycles. The molecule has 1 unspecified atom stereocenters. The fourth-order valence-corrected chi connectivity index (χ4v) is 4.01. The fourth-order valence-electron chi connectivity index (χ4n) is 3.26. The quantitative estimate of drug-likeness (QED) is 0.331. The summed E-state index contributed by atoms with van der Waals surface area (Å²) < 4.78 is 18.4. The van der Waals surface area contributed by atoms with Crippen LogP contribution in [0.1, 0.15) is 5.56 Å². The van der Waals surface area contributed by atoms with Gasteiger partial charge in [-0.05, 0) is 42.0 Å². The van der Waals surface area contributed by atoms with E-state index >= 15 is 0 Å². The molecule has 1 heterocycles. The summed E-state index contributed by atoms with van der Waals surface area (Å²) in [6, 6.07) is 20.6. The summed E-state index contributed by atoms with van der Waals surface area (Å²) in [5, 5.41) is 17.0. The molecule has 3 aromatic carbocycles. The van der Waals surface area contributed by atoms with Crippen molar-refractivity contribution in [3.05, 3.63) is 90.2 Å². The van der Waals surface area contributed by atoms with Crippen LogP contribution < -0.4 is 20.7 Å². The third-order valence-corrected chi connectivity index (χ3v) is 5.87. The second-order valence-corrected chi connectivity index (χ2v) is 8.46. The van der Waals surface area contributed by atoms with Gasteiger partial charge in [0, 0.05) is 23.7 Å². The molecule has 3 N–H and O–H groups in total. The second kappa shape index (κ2) is 11.2. The molecule has 178 valence electrons. The van der Waals surface area contributed by atoms with Crippen LogP contribution in [0.3, 0.4) is 0 Å². The summed E-state index contributed by atoms with van der Waals surface area (Å²) in [5.74, 6) is -0.208. The van der Waals surface area contributed by atoms with Gasteiger partial charge >= 0.3 is 6.03 Å². The van der Waals surface area contributed by atoms with Crippen LogP contribution in [-0.4, -0.2) is 35.3 Å². The van der Waals surface area contributed by atoms with Gasteiger partial charge in [-0.15, -0.1) is 10.2 Å². The molecule has 0 radical (unpaired) electrons. The molecule has 0 aliphatic rings. The van der Waals surface area contributed by atoms with Crippen LogP contribution in [0.2, 0.25) is 0 Å². The monoisotopic (exact) mass is 491 g/mol. The predicted octanol–water partition coefficient (Wildman–Crippen LogP) is 4.72. The minimum Gasteiger partial charge on any atom is -0.497 e. The number of benzene rings is 3. The number of aromatic nitrogens is 2. The lowest BCUT2D eigenvalue weighted by Crippen LogP contribution is -2.46. The number of amides is 3. The molecule has 0 fully saturated rings. The van der Waals surface area contributed by atoms with E-state index in [4.69, 9.17) is 4.74 Å². The molecule has 3 amide bonds. The van der Waals surface area contributed by atoms with Gasteiger partial charge in [0.15, 0.2) is 0 Å². The third-order valence-electron chi connectivity index (χ3n) is 4.98. The van der Waals surface area contributed by atoms with Crippen molar-refractivity contribution in [1.29, 1.82) is 0 Å². The summed E-state index contributed by atoms with van der Waals surface area (Å²) >= 11 is 1.15. The molecule has 35 heavy (non-hydrogen) atoms. The number of anilines is 2. The van der Waals surface area contributed by atoms with Crippen LogP contribution in [-0.2, 0) is 11.2 Å².